The van der Waals surface area contributed by atoms with E-state index in [0.717, 1.165) is 16.7 Å². The van der Waals surface area contributed by atoms with Crippen LogP contribution in [0.5, 0.6) is 0 Å². The second kappa shape index (κ2) is 3.34. The smallest absolute Gasteiger partial charge is 0.152 e. The number of aromatic amines is 1. The number of anilines is 1. The normalized spacial score (nSPS) is 10.8. The fourth-order valence-electron chi connectivity index (χ4n) is 1.69. The first-order chi connectivity index (χ1) is 7.84. The second-order valence-electron chi connectivity index (χ2n) is 3.53. The molecule has 16 heavy (non-hydrogen) atoms. The molecular weight excluding hydrogens is 200 g/mol. The minimum Gasteiger partial charge on any atom is -0.382 e. The van der Waals surface area contributed by atoms with E-state index in [9.17, 15) is 0 Å². The van der Waals surface area contributed by atoms with Gasteiger partial charge in [0.2, 0.25) is 0 Å². The molecule has 0 saturated carbocycles. The number of nitrogens with two attached hydrogens (primary N) is 1. The number of hydrogen-bond acceptors (Lipinski definition) is 3. The Balaban J connectivity index is 2.30. The van der Waals surface area contributed by atoms with Gasteiger partial charge in [-0.2, -0.15) is 0 Å². The van der Waals surface area contributed by atoms with E-state index < -0.39 is 0 Å². The number of rotatable bonds is 1. The second-order valence-corrected chi connectivity index (χ2v) is 3.53. The Labute approximate surface area is 92.2 Å². The van der Waals surface area contributed by atoms with E-state index in [1.54, 1.807) is 0 Å². The van der Waals surface area contributed by atoms with Gasteiger partial charge < -0.3 is 10.7 Å². The molecule has 4 heteroatoms. The van der Waals surface area contributed by atoms with Gasteiger partial charge in [-0.05, 0) is 24.3 Å². The van der Waals surface area contributed by atoms with Crippen molar-refractivity contribution in [3.8, 4) is 11.4 Å². The molecule has 0 aliphatic rings. The van der Waals surface area contributed by atoms with Crippen LogP contribution in [0.15, 0.2) is 42.6 Å². The number of hydrogen-bond donors (Lipinski definition) is 2. The van der Waals surface area contributed by atoms with Gasteiger partial charge in [0, 0.05) is 6.20 Å². The molecule has 0 atom stereocenters. The zero-order valence-electron chi connectivity index (χ0n) is 8.51. The summed E-state index contributed by atoms with van der Waals surface area (Å²) >= 11 is 0. The van der Waals surface area contributed by atoms with Gasteiger partial charge in [0.25, 0.3) is 0 Å². The Morgan fingerprint density at radius 2 is 1.69 bits per heavy atom. The predicted octanol–water partition coefficient (Wildman–Crippen LogP) is 2.21. The van der Waals surface area contributed by atoms with Gasteiger partial charge >= 0.3 is 0 Å². The van der Waals surface area contributed by atoms with Crippen LogP contribution in [0.3, 0.4) is 0 Å². The van der Waals surface area contributed by atoms with E-state index in [2.05, 4.69) is 15.0 Å². The average Bonchev–Trinajstić information content (AvgIpc) is 2.81. The van der Waals surface area contributed by atoms with Crippen molar-refractivity contribution in [2.75, 3.05) is 5.73 Å². The summed E-state index contributed by atoms with van der Waals surface area (Å²) in [6.45, 7) is 0. The lowest BCUT2D eigenvalue weighted by Gasteiger charge is -2.04. The summed E-state index contributed by atoms with van der Waals surface area (Å²) in [5.41, 5.74) is 9.13. The molecule has 3 rings (SSSR count). The van der Waals surface area contributed by atoms with Gasteiger partial charge in [-0.25, -0.2) is 9.97 Å². The number of H-pyrrole nitrogens is 1. The highest BCUT2D eigenvalue weighted by Crippen LogP contribution is 2.22. The van der Waals surface area contributed by atoms with Gasteiger partial charge in [0.05, 0.1) is 16.7 Å². The largest absolute Gasteiger partial charge is 0.382 e. The van der Waals surface area contributed by atoms with E-state index in [1.807, 2.05) is 42.6 Å². The van der Waals surface area contributed by atoms with Crippen LogP contribution in [0.25, 0.3) is 22.4 Å². The molecule has 3 aromatic rings. The Morgan fingerprint density at radius 3 is 2.38 bits per heavy atom. The van der Waals surface area contributed by atoms with Crippen LogP contribution in [0.4, 0.5) is 5.82 Å². The van der Waals surface area contributed by atoms with Gasteiger partial charge in [-0.15, -0.1) is 0 Å². The van der Waals surface area contributed by atoms with Crippen LogP contribution >= 0.6 is 0 Å². The van der Waals surface area contributed by atoms with Crippen molar-refractivity contribution >= 4 is 16.9 Å². The van der Waals surface area contributed by atoms with Crippen molar-refractivity contribution in [3.05, 3.63) is 42.6 Å². The number of para-hydroxylation sites is 2. The molecule has 3 N–H and O–H groups in total. The quantitative estimate of drug-likeness (QED) is 0.647. The summed E-state index contributed by atoms with van der Waals surface area (Å²) in [6, 6.07) is 11.5. The molecule has 78 valence electrons. The van der Waals surface area contributed by atoms with E-state index in [4.69, 9.17) is 5.73 Å². The standard InChI is InChI=1S/C12H10N4/c13-12-11(10-6-3-7-14-10)15-8-4-1-2-5-9(8)16-12/h1-7,14H,(H2,13,16). The average molecular weight is 210 g/mol. The highest BCUT2D eigenvalue weighted by Gasteiger charge is 2.08. The van der Waals surface area contributed by atoms with Crippen molar-refractivity contribution in [3.63, 3.8) is 0 Å². The number of aromatic nitrogens is 3. The summed E-state index contributed by atoms with van der Waals surface area (Å²) in [5, 5.41) is 0. The van der Waals surface area contributed by atoms with Crippen LogP contribution < -0.4 is 5.73 Å². The number of benzene rings is 1. The summed E-state index contributed by atoms with van der Waals surface area (Å²) in [5.74, 6) is 0.446. The van der Waals surface area contributed by atoms with E-state index in [-0.39, 0.29) is 0 Å². The fourth-order valence-corrected chi connectivity index (χ4v) is 1.69. The highest BCUT2D eigenvalue weighted by molar-refractivity contribution is 5.81. The molecule has 0 saturated heterocycles. The number of nitrogens with one attached hydrogen (secondary N) is 1. The third-order valence-electron chi connectivity index (χ3n) is 2.45. The summed E-state index contributed by atoms with van der Waals surface area (Å²) in [7, 11) is 0. The topological polar surface area (TPSA) is 67.6 Å². The number of fused-ring (bicyclic) bond motifs is 1. The predicted molar refractivity (Wildman–Crippen MR) is 63.7 cm³/mol. The van der Waals surface area contributed by atoms with Crippen molar-refractivity contribution in [2.45, 2.75) is 0 Å². The molecular formula is C12H10N4. The monoisotopic (exact) mass is 210 g/mol. The molecule has 0 aliphatic carbocycles. The Bertz CT molecular complexity index is 629. The maximum absolute atomic E-state index is 5.88. The summed E-state index contributed by atoms with van der Waals surface area (Å²) in [6.07, 6.45) is 1.84. The molecule has 0 aliphatic heterocycles. The SMILES string of the molecule is Nc1nc2ccccc2nc1-c1ccc[nH]1. The zero-order chi connectivity index (χ0) is 11.0. The van der Waals surface area contributed by atoms with Gasteiger partial charge in [0.1, 0.15) is 5.69 Å². The first kappa shape index (κ1) is 8.91. The van der Waals surface area contributed by atoms with Crippen LogP contribution in [-0.2, 0) is 0 Å². The lowest BCUT2D eigenvalue weighted by atomic mass is 10.2. The van der Waals surface area contributed by atoms with Gasteiger partial charge in [-0.1, -0.05) is 12.1 Å². The van der Waals surface area contributed by atoms with Crippen LogP contribution in [0, 0.1) is 0 Å². The van der Waals surface area contributed by atoms with E-state index in [1.165, 1.54) is 0 Å². The van der Waals surface area contributed by atoms with Crippen molar-refractivity contribution in [1.82, 2.24) is 15.0 Å². The fraction of sp³-hybridized carbons (Fsp3) is 0. The molecule has 2 heterocycles. The zero-order valence-corrected chi connectivity index (χ0v) is 8.51. The molecule has 0 unspecified atom stereocenters. The maximum Gasteiger partial charge on any atom is 0.152 e. The van der Waals surface area contributed by atoms with Crippen LogP contribution in [-0.4, -0.2) is 15.0 Å². The van der Waals surface area contributed by atoms with Crippen molar-refractivity contribution < 1.29 is 0 Å². The third kappa shape index (κ3) is 1.32. The summed E-state index contributed by atoms with van der Waals surface area (Å²) < 4.78 is 0. The molecule has 2 aromatic heterocycles. The molecule has 0 amide bonds. The molecule has 1 aromatic carbocycles. The summed E-state index contributed by atoms with van der Waals surface area (Å²) in [4.78, 5) is 11.9. The Morgan fingerprint density at radius 1 is 0.938 bits per heavy atom. The number of nitrogen functional groups attached to an aromatic ring is 1. The van der Waals surface area contributed by atoms with E-state index >= 15 is 0 Å². The lowest BCUT2D eigenvalue weighted by molar-refractivity contribution is 1.27. The Hall–Kier alpha value is -2.36. The minimum absolute atomic E-state index is 0.446. The highest BCUT2D eigenvalue weighted by atomic mass is 14.9. The maximum atomic E-state index is 5.88. The van der Waals surface area contributed by atoms with Gasteiger partial charge in [0.15, 0.2) is 5.82 Å². The molecule has 0 radical (unpaired) electrons. The Kier molecular flexibility index (Phi) is 1.86. The first-order valence-electron chi connectivity index (χ1n) is 5.00. The number of nitrogens with zero attached hydrogens (tertiary/aromatic N) is 2. The van der Waals surface area contributed by atoms with Gasteiger partial charge in [-0.3, -0.25) is 0 Å². The van der Waals surface area contributed by atoms with Crippen LogP contribution in [0.1, 0.15) is 0 Å². The molecule has 0 spiro atoms. The van der Waals surface area contributed by atoms with E-state index in [0.29, 0.717) is 11.5 Å². The molecule has 0 bridgehead atoms. The first-order valence-corrected chi connectivity index (χ1v) is 5.00. The third-order valence-corrected chi connectivity index (χ3v) is 2.45. The molecule has 0 fully saturated rings. The van der Waals surface area contributed by atoms with Crippen LogP contribution in [0.2, 0.25) is 0 Å². The van der Waals surface area contributed by atoms with Crippen molar-refractivity contribution in [1.29, 1.82) is 0 Å². The minimum atomic E-state index is 0.446. The van der Waals surface area contributed by atoms with Crippen molar-refractivity contribution in [2.24, 2.45) is 0 Å². The molecule has 4 nitrogen and oxygen atoms in total. The lowest BCUT2D eigenvalue weighted by Crippen LogP contribution is -1.98.